The van der Waals surface area contributed by atoms with Gasteiger partial charge in [-0.2, -0.15) is 13.2 Å². The molecule has 1 aliphatic rings. The van der Waals surface area contributed by atoms with Crippen LogP contribution < -0.4 is 9.62 Å². The van der Waals surface area contributed by atoms with Gasteiger partial charge in [0.2, 0.25) is 5.91 Å². The van der Waals surface area contributed by atoms with E-state index in [9.17, 15) is 26.4 Å². The Balaban J connectivity index is 1.93. The van der Waals surface area contributed by atoms with Crippen LogP contribution in [0.2, 0.25) is 5.02 Å². The van der Waals surface area contributed by atoms with E-state index in [-0.39, 0.29) is 16.6 Å². The minimum absolute atomic E-state index is 0.127. The number of carbonyl (C=O) groups is 1. The molecule has 0 saturated heterocycles. The van der Waals surface area contributed by atoms with Crippen LogP contribution in [0.15, 0.2) is 41.3 Å². The number of fused-ring (bicyclic) bond motifs is 1. The van der Waals surface area contributed by atoms with E-state index >= 15 is 0 Å². The van der Waals surface area contributed by atoms with Gasteiger partial charge in [0.1, 0.15) is 4.90 Å². The number of rotatable bonds is 3. The fourth-order valence-corrected chi connectivity index (χ4v) is 4.46. The number of sulfonamides is 1. The van der Waals surface area contributed by atoms with Crippen LogP contribution in [-0.2, 0) is 27.4 Å². The lowest BCUT2D eigenvalue weighted by molar-refractivity contribution is -0.137. The summed E-state index contributed by atoms with van der Waals surface area (Å²) in [5.41, 5.74) is 0.508. The number of benzene rings is 2. The molecule has 0 radical (unpaired) electrons. The molecule has 0 aromatic heterocycles. The van der Waals surface area contributed by atoms with E-state index in [0.29, 0.717) is 30.8 Å². The van der Waals surface area contributed by atoms with Gasteiger partial charge in [0.25, 0.3) is 10.0 Å². The predicted molar refractivity (Wildman–Crippen MR) is 95.4 cm³/mol. The van der Waals surface area contributed by atoms with E-state index in [2.05, 4.69) is 4.72 Å². The van der Waals surface area contributed by atoms with Gasteiger partial charge in [0, 0.05) is 24.8 Å². The first-order valence-electron chi connectivity index (χ1n) is 7.79. The van der Waals surface area contributed by atoms with Gasteiger partial charge in [0.05, 0.1) is 10.6 Å². The van der Waals surface area contributed by atoms with Gasteiger partial charge < -0.3 is 4.90 Å². The average Bonchev–Trinajstić information content (AvgIpc) is 2.96. The molecule has 3 rings (SSSR count). The number of amides is 1. The largest absolute Gasteiger partial charge is 0.416 e. The molecule has 0 unspecified atom stereocenters. The van der Waals surface area contributed by atoms with E-state index in [1.165, 1.54) is 13.0 Å². The van der Waals surface area contributed by atoms with Crippen molar-refractivity contribution in [3.63, 3.8) is 0 Å². The average molecular weight is 419 g/mol. The Morgan fingerprint density at radius 1 is 1.19 bits per heavy atom. The van der Waals surface area contributed by atoms with Crippen molar-refractivity contribution in [2.24, 2.45) is 0 Å². The van der Waals surface area contributed by atoms with Crippen LogP contribution in [0.5, 0.6) is 0 Å². The number of nitrogens with one attached hydrogen (secondary N) is 1. The second-order valence-electron chi connectivity index (χ2n) is 6.01. The van der Waals surface area contributed by atoms with E-state index in [1.54, 1.807) is 17.0 Å². The van der Waals surface area contributed by atoms with Crippen molar-refractivity contribution in [3.8, 4) is 0 Å². The molecule has 1 aliphatic heterocycles. The normalized spacial score (nSPS) is 14.2. The van der Waals surface area contributed by atoms with Crippen LogP contribution in [0.25, 0.3) is 0 Å². The van der Waals surface area contributed by atoms with Gasteiger partial charge in [-0.1, -0.05) is 11.6 Å². The Bertz CT molecular complexity index is 1020. The Morgan fingerprint density at radius 3 is 2.52 bits per heavy atom. The molecule has 27 heavy (non-hydrogen) atoms. The number of alkyl halides is 3. The molecule has 5 nitrogen and oxygen atoms in total. The van der Waals surface area contributed by atoms with Crippen molar-refractivity contribution in [1.29, 1.82) is 0 Å². The molecule has 0 saturated carbocycles. The van der Waals surface area contributed by atoms with Crippen molar-refractivity contribution >= 4 is 38.9 Å². The van der Waals surface area contributed by atoms with Crippen molar-refractivity contribution in [3.05, 3.63) is 52.5 Å². The van der Waals surface area contributed by atoms with Crippen molar-refractivity contribution < 1.29 is 26.4 Å². The predicted octanol–water partition coefficient (Wildman–Crippen LogP) is 4.07. The van der Waals surface area contributed by atoms with Crippen LogP contribution in [0.1, 0.15) is 18.1 Å². The van der Waals surface area contributed by atoms with Gasteiger partial charge in [-0.3, -0.25) is 9.52 Å². The van der Waals surface area contributed by atoms with E-state index < -0.39 is 26.7 Å². The highest BCUT2D eigenvalue weighted by Crippen LogP contribution is 2.35. The fourth-order valence-electron chi connectivity index (χ4n) is 2.89. The van der Waals surface area contributed by atoms with Gasteiger partial charge in [0.15, 0.2) is 0 Å². The van der Waals surface area contributed by atoms with E-state index in [0.717, 1.165) is 11.6 Å². The van der Waals surface area contributed by atoms with Crippen LogP contribution in [0, 0.1) is 0 Å². The van der Waals surface area contributed by atoms with Gasteiger partial charge in [-0.15, -0.1) is 0 Å². The summed E-state index contributed by atoms with van der Waals surface area (Å²) in [6.07, 6.45) is -4.15. The lowest BCUT2D eigenvalue weighted by Gasteiger charge is -2.16. The molecule has 0 spiro atoms. The molecular formula is C17H14ClF3N2O3S. The molecule has 2 aromatic carbocycles. The van der Waals surface area contributed by atoms with Crippen molar-refractivity contribution in [2.45, 2.75) is 24.4 Å². The number of halogens is 4. The molecule has 144 valence electrons. The first kappa shape index (κ1) is 19.5. The molecular weight excluding hydrogens is 405 g/mol. The quantitative estimate of drug-likeness (QED) is 0.817. The molecule has 0 fully saturated rings. The SMILES string of the molecule is CC(=O)N1CCc2cc(NS(=O)(=O)c3cc(C(F)(F)F)ccc3Cl)ccc21. The number of nitrogens with zero attached hydrogens (tertiary/aromatic N) is 1. The third-order valence-corrected chi connectivity index (χ3v) is 6.02. The number of anilines is 2. The summed E-state index contributed by atoms with van der Waals surface area (Å²) < 4.78 is 66.0. The summed E-state index contributed by atoms with van der Waals surface area (Å²) >= 11 is 5.81. The second kappa shape index (κ2) is 6.72. The second-order valence-corrected chi connectivity index (χ2v) is 8.07. The maximum absolute atomic E-state index is 12.9. The third kappa shape index (κ3) is 3.89. The number of carbonyl (C=O) groups excluding carboxylic acids is 1. The van der Waals surface area contributed by atoms with Gasteiger partial charge >= 0.3 is 6.18 Å². The van der Waals surface area contributed by atoms with E-state index in [1.807, 2.05) is 0 Å². The number of hydrogen-bond donors (Lipinski definition) is 1. The standard InChI is InChI=1S/C17H14ClF3N2O3S/c1-10(24)23-7-6-11-8-13(3-5-15(11)23)22-27(25,26)16-9-12(17(19,20)21)2-4-14(16)18/h2-5,8-9,22H,6-7H2,1H3. The highest BCUT2D eigenvalue weighted by Gasteiger charge is 2.33. The molecule has 0 bridgehead atoms. The monoisotopic (exact) mass is 418 g/mol. The Labute approximate surface area is 158 Å². The molecule has 1 heterocycles. The van der Waals surface area contributed by atoms with Gasteiger partial charge in [-0.25, -0.2) is 8.42 Å². The maximum Gasteiger partial charge on any atom is 0.416 e. The first-order valence-corrected chi connectivity index (χ1v) is 9.66. The maximum atomic E-state index is 12.9. The smallest absolute Gasteiger partial charge is 0.312 e. The highest BCUT2D eigenvalue weighted by atomic mass is 35.5. The Hall–Kier alpha value is -2.26. The molecule has 0 aliphatic carbocycles. The zero-order chi connectivity index (χ0) is 20.0. The minimum atomic E-state index is -4.70. The van der Waals surface area contributed by atoms with Crippen molar-refractivity contribution in [2.75, 3.05) is 16.2 Å². The number of hydrogen-bond acceptors (Lipinski definition) is 3. The lowest BCUT2D eigenvalue weighted by Crippen LogP contribution is -2.25. The first-order chi connectivity index (χ1) is 12.5. The van der Waals surface area contributed by atoms with Crippen LogP contribution in [-0.4, -0.2) is 20.9 Å². The zero-order valence-corrected chi connectivity index (χ0v) is 15.5. The molecule has 0 atom stereocenters. The fraction of sp³-hybridized carbons (Fsp3) is 0.235. The molecule has 1 N–H and O–H groups in total. The topological polar surface area (TPSA) is 66.5 Å². The van der Waals surface area contributed by atoms with Crippen LogP contribution in [0.3, 0.4) is 0 Å². The zero-order valence-electron chi connectivity index (χ0n) is 14.0. The van der Waals surface area contributed by atoms with Gasteiger partial charge in [-0.05, 0) is 48.4 Å². The highest BCUT2D eigenvalue weighted by molar-refractivity contribution is 7.92. The Morgan fingerprint density at radius 2 is 1.89 bits per heavy atom. The van der Waals surface area contributed by atoms with Crippen LogP contribution >= 0.6 is 11.6 Å². The minimum Gasteiger partial charge on any atom is -0.312 e. The summed E-state index contributed by atoms with van der Waals surface area (Å²) in [5.74, 6) is -0.127. The Kier molecular flexibility index (Phi) is 4.85. The van der Waals surface area contributed by atoms with Crippen LogP contribution in [0.4, 0.5) is 24.5 Å². The summed E-state index contributed by atoms with van der Waals surface area (Å²) in [4.78, 5) is 12.5. The van der Waals surface area contributed by atoms with Crippen molar-refractivity contribution in [1.82, 2.24) is 0 Å². The summed E-state index contributed by atoms with van der Waals surface area (Å²) in [6.45, 7) is 1.92. The molecule has 2 aromatic rings. The van der Waals surface area contributed by atoms with E-state index in [4.69, 9.17) is 11.6 Å². The summed E-state index contributed by atoms with van der Waals surface area (Å²) in [6, 6.07) is 6.70. The molecule has 10 heteroatoms. The third-order valence-electron chi connectivity index (χ3n) is 4.16. The molecule has 1 amide bonds. The summed E-state index contributed by atoms with van der Waals surface area (Å²) in [7, 11) is -4.34. The lowest BCUT2D eigenvalue weighted by atomic mass is 10.1. The summed E-state index contributed by atoms with van der Waals surface area (Å²) in [5, 5.41) is -0.320.